The van der Waals surface area contributed by atoms with Crippen molar-refractivity contribution in [3.05, 3.63) is 34.2 Å². The number of fused-ring (bicyclic) bond motifs is 4. The Morgan fingerprint density at radius 3 is 2.75 bits per heavy atom. The Morgan fingerprint density at radius 1 is 1.18 bits per heavy atom. The van der Waals surface area contributed by atoms with Crippen LogP contribution in [0.4, 0.5) is 0 Å². The molecule has 2 atom stereocenters. The first-order valence-electron chi connectivity index (χ1n) is 10.5. The van der Waals surface area contributed by atoms with Gasteiger partial charge in [-0.1, -0.05) is 13.0 Å². The second-order valence-electron chi connectivity index (χ2n) is 8.79. The number of aromatic nitrogens is 1. The summed E-state index contributed by atoms with van der Waals surface area (Å²) in [5.41, 5.74) is 1.20. The number of nitrogens with zero attached hydrogens (tertiary/aromatic N) is 2. The lowest BCUT2D eigenvalue weighted by atomic mass is 9.83. The van der Waals surface area contributed by atoms with E-state index in [0.29, 0.717) is 23.0 Å². The quantitative estimate of drug-likeness (QED) is 0.756. The minimum absolute atomic E-state index is 0.0241. The first kappa shape index (κ1) is 19.4. The molecule has 0 radical (unpaired) electrons. The van der Waals surface area contributed by atoms with Crippen LogP contribution < -0.4 is 16.2 Å². The van der Waals surface area contributed by atoms with E-state index in [9.17, 15) is 9.59 Å². The first-order valence-corrected chi connectivity index (χ1v) is 10.9. The fraction of sp³-hybridized carbons (Fsp3) is 0.667. The summed E-state index contributed by atoms with van der Waals surface area (Å²) in [5, 5.41) is 6.94. The van der Waals surface area contributed by atoms with Gasteiger partial charge in [0.1, 0.15) is 0 Å². The minimum Gasteiger partial charge on any atom is -0.354 e. The van der Waals surface area contributed by atoms with Crippen molar-refractivity contribution in [3.63, 3.8) is 0 Å². The van der Waals surface area contributed by atoms with E-state index in [-0.39, 0.29) is 18.0 Å². The number of piperidine rings is 1. The second kappa shape index (κ2) is 8.23. The van der Waals surface area contributed by atoms with Gasteiger partial charge in [0.2, 0.25) is 5.91 Å². The van der Waals surface area contributed by atoms with Crippen LogP contribution in [0.25, 0.3) is 0 Å². The van der Waals surface area contributed by atoms with Gasteiger partial charge >= 0.3 is 0 Å². The summed E-state index contributed by atoms with van der Waals surface area (Å²) in [6.45, 7) is 4.90. The molecule has 3 heterocycles. The van der Waals surface area contributed by atoms with Gasteiger partial charge in [0.15, 0.2) is 5.11 Å². The van der Waals surface area contributed by atoms with Crippen molar-refractivity contribution in [1.29, 1.82) is 0 Å². The Labute approximate surface area is 171 Å². The van der Waals surface area contributed by atoms with Gasteiger partial charge < -0.3 is 20.1 Å². The molecule has 3 aliphatic rings. The number of thiocarbonyl (C=S) groups is 1. The number of hydrogen-bond donors (Lipinski definition) is 2. The van der Waals surface area contributed by atoms with Gasteiger partial charge in [-0.3, -0.25) is 9.59 Å². The molecule has 2 N–H and O–H groups in total. The molecule has 0 unspecified atom stereocenters. The molecule has 28 heavy (non-hydrogen) atoms. The average molecular weight is 403 g/mol. The van der Waals surface area contributed by atoms with Crippen molar-refractivity contribution in [3.8, 4) is 0 Å². The fourth-order valence-corrected chi connectivity index (χ4v) is 5.23. The Balaban J connectivity index is 1.29. The van der Waals surface area contributed by atoms with Crippen molar-refractivity contribution >= 4 is 23.2 Å². The van der Waals surface area contributed by atoms with Crippen molar-refractivity contribution in [1.82, 2.24) is 20.1 Å². The van der Waals surface area contributed by atoms with Gasteiger partial charge in [0.25, 0.3) is 5.56 Å². The molecule has 1 amide bonds. The second-order valence-corrected chi connectivity index (χ2v) is 9.17. The minimum atomic E-state index is 0.0241. The third-order valence-corrected chi connectivity index (χ3v) is 6.95. The van der Waals surface area contributed by atoms with Gasteiger partial charge in [-0.05, 0) is 62.2 Å². The number of carbonyl (C=O) groups is 1. The van der Waals surface area contributed by atoms with Crippen molar-refractivity contribution < 1.29 is 4.79 Å². The topological polar surface area (TPSA) is 66.4 Å². The smallest absolute Gasteiger partial charge is 0.250 e. The van der Waals surface area contributed by atoms with E-state index in [1.165, 1.54) is 12.8 Å². The molecule has 4 rings (SSSR count). The summed E-state index contributed by atoms with van der Waals surface area (Å²) in [6, 6.07) is 5.85. The van der Waals surface area contributed by atoms with Crippen LogP contribution in [0.15, 0.2) is 23.0 Å². The molecule has 1 aromatic rings. The molecule has 1 saturated heterocycles. The molecule has 7 heteroatoms. The van der Waals surface area contributed by atoms with Crippen molar-refractivity contribution in [2.45, 2.75) is 57.5 Å². The predicted molar refractivity (Wildman–Crippen MR) is 113 cm³/mol. The van der Waals surface area contributed by atoms with E-state index in [2.05, 4.69) is 28.5 Å². The molecule has 2 bridgehead atoms. The molecule has 1 aromatic heterocycles. The SMILES string of the molecule is CC1CCC(NC(=O)CNC(=S)N2C[C@H]3C[C@@H](C2)c2cccc(=O)n2C3)CC1. The zero-order valence-corrected chi connectivity index (χ0v) is 17.3. The van der Waals surface area contributed by atoms with Gasteiger partial charge in [-0.15, -0.1) is 0 Å². The number of nitrogens with one attached hydrogen (secondary N) is 2. The summed E-state index contributed by atoms with van der Waals surface area (Å²) < 4.78 is 1.92. The van der Waals surface area contributed by atoms with Crippen LogP contribution in [0, 0.1) is 11.8 Å². The zero-order chi connectivity index (χ0) is 19.7. The number of carbonyl (C=O) groups excluding carboxylic acids is 1. The maximum absolute atomic E-state index is 12.3. The molecule has 0 aromatic carbocycles. The van der Waals surface area contributed by atoms with Crippen LogP contribution in [0.2, 0.25) is 0 Å². The number of pyridine rings is 1. The largest absolute Gasteiger partial charge is 0.354 e. The van der Waals surface area contributed by atoms with Gasteiger partial charge in [-0.25, -0.2) is 0 Å². The van der Waals surface area contributed by atoms with Crippen molar-refractivity contribution in [2.75, 3.05) is 19.6 Å². The molecular formula is C21H30N4O2S. The summed E-state index contributed by atoms with van der Waals surface area (Å²) in [5.74, 6) is 1.54. The molecule has 6 nitrogen and oxygen atoms in total. The fourth-order valence-electron chi connectivity index (χ4n) is 5.01. The van der Waals surface area contributed by atoms with Crippen LogP contribution >= 0.6 is 12.2 Å². The number of rotatable bonds is 3. The number of hydrogen-bond acceptors (Lipinski definition) is 3. The molecule has 0 spiro atoms. The van der Waals surface area contributed by atoms with E-state index in [1.807, 2.05) is 10.6 Å². The molecule has 2 aliphatic heterocycles. The molecule has 1 aliphatic carbocycles. The van der Waals surface area contributed by atoms with E-state index in [4.69, 9.17) is 12.2 Å². The third kappa shape index (κ3) is 4.24. The molecule has 1 saturated carbocycles. The van der Waals surface area contributed by atoms with E-state index in [0.717, 1.165) is 50.5 Å². The monoisotopic (exact) mass is 402 g/mol. The van der Waals surface area contributed by atoms with Crippen molar-refractivity contribution in [2.24, 2.45) is 11.8 Å². The normalized spacial score (nSPS) is 29.0. The highest BCUT2D eigenvalue weighted by Gasteiger charge is 2.35. The zero-order valence-electron chi connectivity index (χ0n) is 16.5. The lowest BCUT2D eigenvalue weighted by molar-refractivity contribution is -0.121. The van der Waals surface area contributed by atoms with Crippen LogP contribution in [-0.4, -0.2) is 46.2 Å². The average Bonchev–Trinajstić information content (AvgIpc) is 2.68. The van der Waals surface area contributed by atoms with Gasteiger partial charge in [0, 0.05) is 43.4 Å². The summed E-state index contributed by atoms with van der Waals surface area (Å²) in [7, 11) is 0. The van der Waals surface area contributed by atoms with Crippen LogP contribution in [-0.2, 0) is 11.3 Å². The third-order valence-electron chi connectivity index (χ3n) is 6.55. The Kier molecular flexibility index (Phi) is 5.71. The Hall–Kier alpha value is -1.89. The van der Waals surface area contributed by atoms with E-state index < -0.39 is 0 Å². The standard InChI is InChI=1S/C21H30N4O2S/c1-14-5-7-17(8-6-14)23-19(26)10-22-21(28)24-11-15-9-16(13-24)18-3-2-4-20(27)25(18)12-15/h2-4,14-17H,5-13H2,1H3,(H,22,28)(H,23,26)/t14?,15-,16+,17?/m1/s1. The Bertz CT molecular complexity index is 800. The summed E-state index contributed by atoms with van der Waals surface area (Å²) in [4.78, 5) is 26.6. The first-order chi connectivity index (χ1) is 13.5. The summed E-state index contributed by atoms with van der Waals surface area (Å²) in [6.07, 6.45) is 5.64. The highest BCUT2D eigenvalue weighted by Crippen LogP contribution is 2.34. The van der Waals surface area contributed by atoms with E-state index in [1.54, 1.807) is 6.07 Å². The lowest BCUT2D eigenvalue weighted by Gasteiger charge is -2.43. The molecular weight excluding hydrogens is 372 g/mol. The van der Waals surface area contributed by atoms with Gasteiger partial charge in [-0.2, -0.15) is 0 Å². The number of amides is 1. The maximum Gasteiger partial charge on any atom is 0.250 e. The van der Waals surface area contributed by atoms with Crippen LogP contribution in [0.1, 0.15) is 50.6 Å². The Morgan fingerprint density at radius 2 is 1.96 bits per heavy atom. The lowest BCUT2D eigenvalue weighted by Crippen LogP contribution is -2.53. The predicted octanol–water partition coefficient (Wildman–Crippen LogP) is 1.84. The molecule has 2 fully saturated rings. The number of likely N-dealkylation sites (tertiary alicyclic amines) is 1. The van der Waals surface area contributed by atoms with Crippen LogP contribution in [0.5, 0.6) is 0 Å². The maximum atomic E-state index is 12.3. The van der Waals surface area contributed by atoms with Crippen LogP contribution in [0.3, 0.4) is 0 Å². The van der Waals surface area contributed by atoms with E-state index >= 15 is 0 Å². The summed E-state index contributed by atoms with van der Waals surface area (Å²) >= 11 is 5.58. The molecule has 152 valence electrons. The van der Waals surface area contributed by atoms with Gasteiger partial charge in [0.05, 0.1) is 6.54 Å². The highest BCUT2D eigenvalue weighted by atomic mass is 32.1. The highest BCUT2D eigenvalue weighted by molar-refractivity contribution is 7.80.